The minimum atomic E-state index is 0.0879. The summed E-state index contributed by atoms with van der Waals surface area (Å²) in [5, 5.41) is 0. The van der Waals surface area contributed by atoms with E-state index in [-0.39, 0.29) is 6.04 Å². The van der Waals surface area contributed by atoms with Crippen molar-refractivity contribution in [1.82, 2.24) is 4.90 Å². The van der Waals surface area contributed by atoms with Gasteiger partial charge in [0.05, 0.1) is 7.11 Å². The van der Waals surface area contributed by atoms with E-state index in [2.05, 4.69) is 18.7 Å². The fraction of sp³-hybridized carbons (Fsp3) is 0.625. The first-order valence-electron chi connectivity index (χ1n) is 7.36. The van der Waals surface area contributed by atoms with Crippen LogP contribution in [0.2, 0.25) is 0 Å². The number of hydrogen-bond acceptors (Lipinski definition) is 4. The van der Waals surface area contributed by atoms with Crippen LogP contribution >= 0.6 is 0 Å². The first kappa shape index (κ1) is 15.1. The van der Waals surface area contributed by atoms with E-state index in [4.69, 9.17) is 15.2 Å². The van der Waals surface area contributed by atoms with E-state index in [0.717, 1.165) is 24.6 Å². The summed E-state index contributed by atoms with van der Waals surface area (Å²) >= 11 is 0. The fourth-order valence-corrected chi connectivity index (χ4v) is 2.65. The summed E-state index contributed by atoms with van der Waals surface area (Å²) in [5.74, 6) is 2.16. The molecule has 1 aromatic carbocycles. The molecule has 20 heavy (non-hydrogen) atoms. The number of nitrogens with zero attached hydrogens (tertiary/aromatic N) is 1. The second-order valence-corrected chi connectivity index (χ2v) is 5.79. The molecule has 2 unspecified atom stereocenters. The highest BCUT2D eigenvalue weighted by Gasteiger charge is 2.28. The maximum Gasteiger partial charge on any atom is 0.123 e. The van der Waals surface area contributed by atoms with Crippen molar-refractivity contribution in [2.75, 3.05) is 26.8 Å². The van der Waals surface area contributed by atoms with Gasteiger partial charge in [-0.15, -0.1) is 0 Å². The lowest BCUT2D eigenvalue weighted by Crippen LogP contribution is -2.38. The predicted octanol–water partition coefficient (Wildman–Crippen LogP) is 2.13. The molecule has 0 saturated carbocycles. The molecule has 1 heterocycles. The van der Waals surface area contributed by atoms with E-state index in [1.165, 1.54) is 6.42 Å². The molecule has 1 aromatic rings. The van der Waals surface area contributed by atoms with Gasteiger partial charge in [0.25, 0.3) is 0 Å². The first-order chi connectivity index (χ1) is 9.60. The number of benzene rings is 1. The van der Waals surface area contributed by atoms with Gasteiger partial charge in [0.1, 0.15) is 18.1 Å². The molecule has 1 fully saturated rings. The SMILES string of the molecule is COc1cccc(OCC(N)C2CCN(C(C)C)C2)c1. The molecule has 1 aliphatic rings. The van der Waals surface area contributed by atoms with E-state index >= 15 is 0 Å². The third-order valence-corrected chi connectivity index (χ3v) is 4.08. The highest BCUT2D eigenvalue weighted by atomic mass is 16.5. The Hall–Kier alpha value is -1.26. The van der Waals surface area contributed by atoms with Gasteiger partial charge in [0.15, 0.2) is 0 Å². The smallest absolute Gasteiger partial charge is 0.123 e. The van der Waals surface area contributed by atoms with Crippen LogP contribution < -0.4 is 15.2 Å². The van der Waals surface area contributed by atoms with Crippen molar-refractivity contribution in [2.45, 2.75) is 32.4 Å². The Morgan fingerprint density at radius 2 is 2.10 bits per heavy atom. The number of rotatable bonds is 6. The molecule has 0 aliphatic carbocycles. The average Bonchev–Trinajstić information content (AvgIpc) is 2.95. The van der Waals surface area contributed by atoms with Crippen LogP contribution in [0.4, 0.5) is 0 Å². The molecule has 2 N–H and O–H groups in total. The van der Waals surface area contributed by atoms with Crippen molar-refractivity contribution in [3.05, 3.63) is 24.3 Å². The van der Waals surface area contributed by atoms with Gasteiger partial charge in [-0.2, -0.15) is 0 Å². The predicted molar refractivity (Wildman–Crippen MR) is 81.3 cm³/mol. The molecule has 2 rings (SSSR count). The van der Waals surface area contributed by atoms with Crippen LogP contribution in [0.25, 0.3) is 0 Å². The van der Waals surface area contributed by atoms with E-state index < -0.39 is 0 Å². The standard InChI is InChI=1S/C16H26N2O2/c1-12(2)18-8-7-13(10-18)16(17)11-20-15-6-4-5-14(9-15)19-3/h4-6,9,12-13,16H,7-8,10-11,17H2,1-3H3. The molecular weight excluding hydrogens is 252 g/mol. The molecule has 112 valence electrons. The molecule has 4 nitrogen and oxygen atoms in total. The maximum atomic E-state index is 6.28. The highest BCUT2D eigenvalue weighted by molar-refractivity contribution is 5.32. The zero-order chi connectivity index (χ0) is 14.5. The lowest BCUT2D eigenvalue weighted by molar-refractivity contribution is 0.224. The van der Waals surface area contributed by atoms with Gasteiger partial charge in [0.2, 0.25) is 0 Å². The Balaban J connectivity index is 1.81. The first-order valence-corrected chi connectivity index (χ1v) is 7.36. The maximum absolute atomic E-state index is 6.28. The molecule has 0 spiro atoms. The number of methoxy groups -OCH3 is 1. The summed E-state index contributed by atoms with van der Waals surface area (Å²) in [6.07, 6.45) is 1.17. The van der Waals surface area contributed by atoms with Crippen LogP contribution in [0, 0.1) is 5.92 Å². The molecule has 1 aliphatic heterocycles. The Labute approximate surface area is 121 Å². The second kappa shape index (κ2) is 6.95. The van der Waals surface area contributed by atoms with Crippen LogP contribution in [0.15, 0.2) is 24.3 Å². The summed E-state index contributed by atoms with van der Waals surface area (Å²) < 4.78 is 11.0. The Kier molecular flexibility index (Phi) is 5.26. The minimum absolute atomic E-state index is 0.0879. The fourth-order valence-electron chi connectivity index (χ4n) is 2.65. The van der Waals surface area contributed by atoms with E-state index in [1.54, 1.807) is 7.11 Å². The molecule has 2 atom stereocenters. The van der Waals surface area contributed by atoms with Crippen LogP contribution in [0.3, 0.4) is 0 Å². The van der Waals surface area contributed by atoms with Gasteiger partial charge >= 0.3 is 0 Å². The van der Waals surface area contributed by atoms with Crippen molar-refractivity contribution in [3.8, 4) is 11.5 Å². The lowest BCUT2D eigenvalue weighted by Gasteiger charge is -2.23. The van der Waals surface area contributed by atoms with Gasteiger partial charge in [-0.3, -0.25) is 0 Å². The Morgan fingerprint density at radius 3 is 2.75 bits per heavy atom. The second-order valence-electron chi connectivity index (χ2n) is 5.79. The number of ether oxygens (including phenoxy) is 2. The zero-order valence-electron chi connectivity index (χ0n) is 12.7. The number of hydrogen-bond donors (Lipinski definition) is 1. The van der Waals surface area contributed by atoms with Gasteiger partial charge in [-0.1, -0.05) is 6.07 Å². The summed E-state index contributed by atoms with van der Waals surface area (Å²) in [6.45, 7) is 7.26. The largest absolute Gasteiger partial charge is 0.497 e. The van der Waals surface area contributed by atoms with Crippen molar-refractivity contribution < 1.29 is 9.47 Å². The monoisotopic (exact) mass is 278 g/mol. The Morgan fingerprint density at radius 1 is 1.35 bits per heavy atom. The third kappa shape index (κ3) is 3.87. The van der Waals surface area contributed by atoms with Crippen molar-refractivity contribution in [1.29, 1.82) is 0 Å². The van der Waals surface area contributed by atoms with Crippen molar-refractivity contribution in [2.24, 2.45) is 11.7 Å². The summed E-state index contributed by atoms with van der Waals surface area (Å²) in [5.41, 5.74) is 6.28. The molecule has 0 radical (unpaired) electrons. The minimum Gasteiger partial charge on any atom is -0.497 e. The lowest BCUT2D eigenvalue weighted by atomic mass is 10.0. The van der Waals surface area contributed by atoms with Crippen LogP contribution in [0.1, 0.15) is 20.3 Å². The van der Waals surface area contributed by atoms with Crippen molar-refractivity contribution >= 4 is 0 Å². The third-order valence-electron chi connectivity index (χ3n) is 4.08. The molecular formula is C16H26N2O2. The van der Waals surface area contributed by atoms with Crippen LogP contribution in [0.5, 0.6) is 11.5 Å². The van der Waals surface area contributed by atoms with Gasteiger partial charge in [0, 0.05) is 24.7 Å². The molecule has 1 saturated heterocycles. The van der Waals surface area contributed by atoms with Crippen LogP contribution in [-0.2, 0) is 0 Å². The van der Waals surface area contributed by atoms with Gasteiger partial charge in [-0.05, 0) is 44.9 Å². The van der Waals surface area contributed by atoms with Gasteiger partial charge < -0.3 is 20.1 Å². The molecule has 0 amide bonds. The Bertz CT molecular complexity index is 423. The van der Waals surface area contributed by atoms with Crippen molar-refractivity contribution in [3.63, 3.8) is 0 Å². The number of nitrogens with two attached hydrogens (primary N) is 1. The van der Waals surface area contributed by atoms with Gasteiger partial charge in [-0.25, -0.2) is 0 Å². The normalized spacial score (nSPS) is 21.1. The topological polar surface area (TPSA) is 47.7 Å². The van der Waals surface area contributed by atoms with Crippen LogP contribution in [-0.4, -0.2) is 43.8 Å². The van der Waals surface area contributed by atoms with E-state index in [1.807, 2.05) is 24.3 Å². The molecule has 0 bridgehead atoms. The summed E-state index contributed by atoms with van der Waals surface area (Å²) in [4.78, 5) is 2.48. The average molecular weight is 278 g/mol. The highest BCUT2D eigenvalue weighted by Crippen LogP contribution is 2.23. The zero-order valence-corrected chi connectivity index (χ0v) is 12.7. The molecule has 4 heteroatoms. The summed E-state index contributed by atoms with van der Waals surface area (Å²) in [6, 6.07) is 8.35. The quantitative estimate of drug-likeness (QED) is 0.866. The van der Waals surface area contributed by atoms with E-state index in [0.29, 0.717) is 18.6 Å². The molecule has 0 aromatic heterocycles. The summed E-state index contributed by atoms with van der Waals surface area (Å²) in [7, 11) is 1.66. The van der Waals surface area contributed by atoms with E-state index in [9.17, 15) is 0 Å². The number of likely N-dealkylation sites (tertiary alicyclic amines) is 1.